The second-order valence-electron chi connectivity index (χ2n) is 6.06. The lowest BCUT2D eigenvalue weighted by molar-refractivity contribution is -0.0512. The third-order valence-electron chi connectivity index (χ3n) is 4.08. The van der Waals surface area contributed by atoms with Crippen LogP contribution < -0.4 is 14.8 Å². The van der Waals surface area contributed by atoms with Gasteiger partial charge in [0.25, 0.3) is 5.91 Å². The van der Waals surface area contributed by atoms with Crippen LogP contribution in [0.3, 0.4) is 0 Å². The Labute approximate surface area is 173 Å². The number of methoxy groups -OCH3 is 1. The summed E-state index contributed by atoms with van der Waals surface area (Å²) in [6.45, 7) is 1.19. The van der Waals surface area contributed by atoms with Gasteiger partial charge in [0.2, 0.25) is 0 Å². The van der Waals surface area contributed by atoms with Crippen LogP contribution in [0.25, 0.3) is 0 Å². The van der Waals surface area contributed by atoms with E-state index in [0.717, 1.165) is 15.9 Å². The number of carbonyl (C=O) groups is 1. The van der Waals surface area contributed by atoms with Crippen molar-refractivity contribution in [2.45, 2.75) is 27.1 Å². The lowest BCUT2D eigenvalue weighted by Gasteiger charge is -2.11. The van der Waals surface area contributed by atoms with E-state index in [1.165, 1.54) is 25.3 Å². The minimum Gasteiger partial charge on any atom is -0.493 e. The van der Waals surface area contributed by atoms with Crippen molar-refractivity contribution in [3.05, 3.63) is 52.0 Å². The third kappa shape index (κ3) is 4.73. The maximum absolute atomic E-state index is 12.5. The summed E-state index contributed by atoms with van der Waals surface area (Å²) in [5.74, 6) is -0.507. The minimum atomic E-state index is -2.98. The van der Waals surface area contributed by atoms with Crippen LogP contribution in [0, 0.1) is 13.8 Å². The van der Waals surface area contributed by atoms with Crippen molar-refractivity contribution in [2.75, 3.05) is 12.4 Å². The Balaban J connectivity index is 1.71. The van der Waals surface area contributed by atoms with Gasteiger partial charge in [0.1, 0.15) is 6.67 Å². The molecule has 0 bridgehead atoms. The SMILES string of the molecule is COc1cc(NC(=O)c2ccn(Cn3nc(C)c(Br)c3C)n2)ccc1OC(F)F. The summed E-state index contributed by atoms with van der Waals surface area (Å²) in [4.78, 5) is 12.5. The first-order chi connectivity index (χ1) is 13.8. The normalized spacial score (nSPS) is 11.0. The number of aryl methyl sites for hydroxylation is 1. The monoisotopic (exact) mass is 469 g/mol. The van der Waals surface area contributed by atoms with Crippen LogP contribution in [-0.4, -0.2) is 39.2 Å². The molecule has 0 aliphatic rings. The highest BCUT2D eigenvalue weighted by atomic mass is 79.9. The fourth-order valence-corrected chi connectivity index (χ4v) is 2.93. The number of benzene rings is 1. The molecule has 3 rings (SSSR count). The van der Waals surface area contributed by atoms with Crippen LogP contribution in [0.4, 0.5) is 14.5 Å². The van der Waals surface area contributed by atoms with Gasteiger partial charge in [-0.05, 0) is 48.0 Å². The molecule has 0 aliphatic carbocycles. The number of anilines is 1. The number of aromatic nitrogens is 4. The van der Waals surface area contributed by atoms with Crippen LogP contribution in [0.1, 0.15) is 21.9 Å². The van der Waals surface area contributed by atoms with E-state index in [1.807, 2.05) is 13.8 Å². The molecule has 11 heteroatoms. The molecule has 0 aliphatic heterocycles. The van der Waals surface area contributed by atoms with Crippen LogP contribution in [0.5, 0.6) is 11.5 Å². The van der Waals surface area contributed by atoms with E-state index in [2.05, 4.69) is 36.2 Å². The summed E-state index contributed by atoms with van der Waals surface area (Å²) in [7, 11) is 1.32. The molecule has 1 N–H and O–H groups in total. The maximum atomic E-state index is 12.5. The molecule has 0 fully saturated rings. The number of carbonyl (C=O) groups excluding carboxylic acids is 1. The molecule has 154 valence electrons. The van der Waals surface area contributed by atoms with E-state index in [4.69, 9.17) is 4.74 Å². The number of nitrogens with one attached hydrogen (secondary N) is 1. The molecule has 0 saturated carbocycles. The number of amides is 1. The van der Waals surface area contributed by atoms with Crippen LogP contribution >= 0.6 is 15.9 Å². The highest BCUT2D eigenvalue weighted by molar-refractivity contribution is 9.10. The molecule has 0 radical (unpaired) electrons. The largest absolute Gasteiger partial charge is 0.493 e. The molecule has 2 heterocycles. The van der Waals surface area contributed by atoms with E-state index < -0.39 is 12.5 Å². The highest BCUT2D eigenvalue weighted by Crippen LogP contribution is 2.31. The number of hydrogen-bond donors (Lipinski definition) is 1. The van der Waals surface area contributed by atoms with Crippen molar-refractivity contribution in [3.63, 3.8) is 0 Å². The number of halogens is 3. The number of ether oxygens (including phenoxy) is 2. The van der Waals surface area contributed by atoms with Gasteiger partial charge in [-0.25, -0.2) is 4.68 Å². The molecule has 0 spiro atoms. The summed E-state index contributed by atoms with van der Waals surface area (Å²) >= 11 is 3.47. The molecule has 0 atom stereocenters. The molecule has 1 aromatic carbocycles. The second-order valence-corrected chi connectivity index (χ2v) is 6.86. The van der Waals surface area contributed by atoms with Gasteiger partial charge in [0, 0.05) is 18.0 Å². The Bertz CT molecular complexity index is 1030. The predicted molar refractivity (Wildman–Crippen MR) is 105 cm³/mol. The third-order valence-corrected chi connectivity index (χ3v) is 5.23. The zero-order valence-electron chi connectivity index (χ0n) is 15.8. The van der Waals surface area contributed by atoms with E-state index in [0.29, 0.717) is 12.4 Å². The molecular formula is C18H18BrF2N5O3. The van der Waals surface area contributed by atoms with Gasteiger partial charge < -0.3 is 14.8 Å². The smallest absolute Gasteiger partial charge is 0.387 e. The lowest BCUT2D eigenvalue weighted by Crippen LogP contribution is -2.16. The first kappa shape index (κ1) is 20.8. The Morgan fingerprint density at radius 3 is 2.62 bits per heavy atom. The summed E-state index contributed by atoms with van der Waals surface area (Å²) < 4.78 is 38.5. The van der Waals surface area contributed by atoms with Crippen molar-refractivity contribution in [1.82, 2.24) is 19.6 Å². The van der Waals surface area contributed by atoms with E-state index in [1.54, 1.807) is 21.6 Å². The summed E-state index contributed by atoms with van der Waals surface area (Å²) in [5.41, 5.74) is 2.35. The maximum Gasteiger partial charge on any atom is 0.387 e. The zero-order valence-corrected chi connectivity index (χ0v) is 17.4. The highest BCUT2D eigenvalue weighted by Gasteiger charge is 2.15. The Hall–Kier alpha value is -2.95. The van der Waals surface area contributed by atoms with Crippen LogP contribution in [-0.2, 0) is 6.67 Å². The van der Waals surface area contributed by atoms with E-state index in [-0.39, 0.29) is 17.2 Å². The van der Waals surface area contributed by atoms with Gasteiger partial charge >= 0.3 is 6.61 Å². The van der Waals surface area contributed by atoms with Gasteiger partial charge in [-0.15, -0.1) is 0 Å². The van der Waals surface area contributed by atoms with Gasteiger partial charge in [0.05, 0.1) is 23.0 Å². The molecule has 0 saturated heterocycles. The average Bonchev–Trinajstić information content (AvgIpc) is 3.24. The zero-order chi connectivity index (χ0) is 21.1. The van der Waals surface area contributed by atoms with Crippen molar-refractivity contribution >= 4 is 27.5 Å². The Morgan fingerprint density at radius 1 is 1.24 bits per heavy atom. The topological polar surface area (TPSA) is 83.2 Å². The summed E-state index contributed by atoms with van der Waals surface area (Å²) in [6.07, 6.45) is 1.67. The number of hydrogen-bond acceptors (Lipinski definition) is 5. The average molecular weight is 470 g/mol. The quantitative estimate of drug-likeness (QED) is 0.568. The predicted octanol–water partition coefficient (Wildman–Crippen LogP) is 3.83. The van der Waals surface area contributed by atoms with Gasteiger partial charge in [-0.3, -0.25) is 9.48 Å². The standard InChI is InChI=1S/C18H18BrF2N5O3/c1-10-16(19)11(2)26(23-10)9-25-7-6-13(24-25)17(27)22-12-4-5-14(29-18(20)21)15(8-12)28-3/h4-8,18H,9H2,1-3H3,(H,22,27). The van der Waals surface area contributed by atoms with Crippen molar-refractivity contribution in [2.24, 2.45) is 0 Å². The van der Waals surface area contributed by atoms with Crippen molar-refractivity contribution in [3.8, 4) is 11.5 Å². The first-order valence-electron chi connectivity index (χ1n) is 8.45. The molecule has 2 aromatic heterocycles. The number of alkyl halides is 2. The van der Waals surface area contributed by atoms with Crippen molar-refractivity contribution < 1.29 is 23.0 Å². The molecule has 1 amide bonds. The lowest BCUT2D eigenvalue weighted by atomic mass is 10.2. The fraction of sp³-hybridized carbons (Fsp3) is 0.278. The van der Waals surface area contributed by atoms with E-state index >= 15 is 0 Å². The number of nitrogens with zero attached hydrogens (tertiary/aromatic N) is 4. The fourth-order valence-electron chi connectivity index (χ4n) is 2.65. The van der Waals surface area contributed by atoms with Crippen molar-refractivity contribution in [1.29, 1.82) is 0 Å². The molecule has 0 unspecified atom stereocenters. The summed E-state index contributed by atoms with van der Waals surface area (Å²) in [6, 6.07) is 5.68. The molecular weight excluding hydrogens is 452 g/mol. The van der Waals surface area contributed by atoms with Gasteiger partial charge in [-0.2, -0.15) is 19.0 Å². The second kappa shape index (κ2) is 8.60. The van der Waals surface area contributed by atoms with E-state index in [9.17, 15) is 13.6 Å². The van der Waals surface area contributed by atoms with Crippen LogP contribution in [0.2, 0.25) is 0 Å². The van der Waals surface area contributed by atoms with Gasteiger partial charge in [-0.1, -0.05) is 0 Å². The summed E-state index contributed by atoms with van der Waals surface area (Å²) in [5, 5.41) is 11.3. The molecule has 8 nitrogen and oxygen atoms in total. The molecule has 3 aromatic rings. The molecule has 29 heavy (non-hydrogen) atoms. The Morgan fingerprint density at radius 2 is 2.00 bits per heavy atom. The van der Waals surface area contributed by atoms with Gasteiger partial charge in [0.15, 0.2) is 17.2 Å². The van der Waals surface area contributed by atoms with Crippen LogP contribution in [0.15, 0.2) is 34.9 Å². The minimum absolute atomic E-state index is 0.0729. The number of rotatable bonds is 7. The Kier molecular flexibility index (Phi) is 6.16. The first-order valence-corrected chi connectivity index (χ1v) is 9.25.